The Bertz CT molecular complexity index is 1140. The molecule has 3 aromatic rings. The second kappa shape index (κ2) is 7.42. The number of rotatable bonds is 3. The van der Waals surface area contributed by atoms with Gasteiger partial charge >= 0.3 is 0 Å². The molecule has 0 radical (unpaired) electrons. The number of benzene rings is 2. The van der Waals surface area contributed by atoms with E-state index < -0.39 is 0 Å². The highest BCUT2D eigenvalue weighted by atomic mass is 35.5. The molecule has 2 aliphatic heterocycles. The predicted octanol–water partition coefficient (Wildman–Crippen LogP) is 4.16. The minimum atomic E-state index is -0.307. The van der Waals surface area contributed by atoms with Crippen LogP contribution in [0.15, 0.2) is 53.3 Å². The number of amides is 2. The van der Waals surface area contributed by atoms with Crippen LogP contribution < -0.4 is 19.7 Å². The summed E-state index contributed by atoms with van der Waals surface area (Å²) in [5.41, 5.74) is 3.35. The monoisotopic (exact) mass is 424 g/mol. The lowest BCUT2D eigenvalue weighted by atomic mass is 10.1. The average Bonchev–Trinajstić information content (AvgIpc) is 3.43. The van der Waals surface area contributed by atoms with Gasteiger partial charge in [0.15, 0.2) is 11.5 Å². The van der Waals surface area contributed by atoms with Gasteiger partial charge in [-0.1, -0.05) is 11.6 Å². The number of anilines is 2. The molecule has 0 fully saturated rings. The van der Waals surface area contributed by atoms with Crippen LogP contribution >= 0.6 is 11.6 Å². The van der Waals surface area contributed by atoms with Crippen LogP contribution in [0.1, 0.15) is 26.3 Å². The van der Waals surface area contributed by atoms with Crippen LogP contribution in [0, 0.1) is 0 Å². The highest BCUT2D eigenvalue weighted by molar-refractivity contribution is 6.32. The molecule has 2 amide bonds. The second-order valence-electron chi connectivity index (χ2n) is 7.00. The molecule has 8 heteroatoms. The van der Waals surface area contributed by atoms with E-state index in [1.807, 2.05) is 12.1 Å². The Hall–Kier alpha value is -3.45. The van der Waals surface area contributed by atoms with Crippen molar-refractivity contribution in [1.29, 1.82) is 0 Å². The summed E-state index contributed by atoms with van der Waals surface area (Å²) in [5.74, 6) is 0.504. The van der Waals surface area contributed by atoms with Crippen molar-refractivity contribution in [1.82, 2.24) is 0 Å². The van der Waals surface area contributed by atoms with Crippen molar-refractivity contribution in [3.63, 3.8) is 0 Å². The van der Waals surface area contributed by atoms with Gasteiger partial charge in [0.05, 0.1) is 16.8 Å². The molecule has 7 nitrogen and oxygen atoms in total. The van der Waals surface area contributed by atoms with Crippen molar-refractivity contribution in [2.45, 2.75) is 6.42 Å². The van der Waals surface area contributed by atoms with Gasteiger partial charge in [-0.2, -0.15) is 0 Å². The summed E-state index contributed by atoms with van der Waals surface area (Å²) in [5, 5.41) is 3.21. The number of nitrogens with zero attached hydrogens (tertiary/aromatic N) is 1. The Morgan fingerprint density at radius 3 is 2.73 bits per heavy atom. The second-order valence-corrected chi connectivity index (χ2v) is 7.41. The van der Waals surface area contributed by atoms with Gasteiger partial charge in [-0.3, -0.25) is 9.59 Å². The van der Waals surface area contributed by atoms with Crippen molar-refractivity contribution >= 4 is 34.8 Å². The third-order valence-corrected chi connectivity index (χ3v) is 5.39. The van der Waals surface area contributed by atoms with Crippen molar-refractivity contribution < 1.29 is 23.5 Å². The quantitative estimate of drug-likeness (QED) is 0.682. The summed E-state index contributed by atoms with van der Waals surface area (Å²) in [7, 11) is 0. The SMILES string of the molecule is O=C(Nc1ccc2c(c1)CCN2C(=O)c1ccoc1)c1cc(Cl)c2c(c1)OCCO2. The molecule has 2 aromatic carbocycles. The first kappa shape index (κ1) is 18.6. The molecule has 152 valence electrons. The maximum Gasteiger partial charge on any atom is 0.261 e. The van der Waals surface area contributed by atoms with Gasteiger partial charge in [0.1, 0.15) is 19.5 Å². The average molecular weight is 425 g/mol. The number of carbonyl (C=O) groups is 2. The zero-order valence-electron chi connectivity index (χ0n) is 15.8. The molecule has 0 saturated heterocycles. The van der Waals surface area contributed by atoms with Crippen LogP contribution in [0.4, 0.5) is 11.4 Å². The fourth-order valence-electron chi connectivity index (χ4n) is 3.68. The maximum atomic E-state index is 12.7. The number of ether oxygens (including phenoxy) is 2. The van der Waals surface area contributed by atoms with Crippen LogP contribution in [0.3, 0.4) is 0 Å². The highest BCUT2D eigenvalue weighted by Crippen LogP contribution is 2.38. The summed E-state index contributed by atoms with van der Waals surface area (Å²) < 4.78 is 16.0. The number of hydrogen-bond acceptors (Lipinski definition) is 5. The standard InChI is InChI=1S/C22H17ClN2O5/c23-17-10-15(11-19-20(17)30-8-7-29-19)21(26)24-16-1-2-18-13(9-16)3-5-25(18)22(27)14-4-6-28-12-14/h1-2,4,6,9-12H,3,5,7-8H2,(H,24,26). The van der Waals surface area contributed by atoms with E-state index in [4.69, 9.17) is 25.5 Å². The normalized spacial score (nSPS) is 14.4. The number of furan rings is 1. The van der Waals surface area contributed by atoms with E-state index in [-0.39, 0.29) is 11.8 Å². The third-order valence-electron chi connectivity index (χ3n) is 5.11. The molecular weight excluding hydrogens is 408 g/mol. The fraction of sp³-hybridized carbons (Fsp3) is 0.182. The Labute approximate surface area is 177 Å². The van der Waals surface area contributed by atoms with E-state index in [0.29, 0.717) is 59.5 Å². The third kappa shape index (κ3) is 3.27. The molecule has 0 spiro atoms. The van der Waals surface area contributed by atoms with E-state index >= 15 is 0 Å². The van der Waals surface area contributed by atoms with E-state index in [0.717, 1.165) is 11.3 Å². The Balaban J connectivity index is 1.35. The molecule has 3 heterocycles. The molecule has 5 rings (SSSR count). The summed E-state index contributed by atoms with van der Waals surface area (Å²) in [6.07, 6.45) is 3.62. The fourth-order valence-corrected chi connectivity index (χ4v) is 3.94. The summed E-state index contributed by atoms with van der Waals surface area (Å²) >= 11 is 6.23. The Morgan fingerprint density at radius 2 is 1.90 bits per heavy atom. The summed E-state index contributed by atoms with van der Waals surface area (Å²) in [6.45, 7) is 1.41. The summed E-state index contributed by atoms with van der Waals surface area (Å²) in [4.78, 5) is 27.1. The first-order chi connectivity index (χ1) is 14.6. The molecule has 0 atom stereocenters. The minimum absolute atomic E-state index is 0.106. The Kier molecular flexibility index (Phi) is 4.59. The van der Waals surface area contributed by atoms with E-state index in [2.05, 4.69) is 5.32 Å². The lowest BCUT2D eigenvalue weighted by Gasteiger charge is -2.20. The van der Waals surface area contributed by atoms with E-state index in [1.54, 1.807) is 29.2 Å². The van der Waals surface area contributed by atoms with Gasteiger partial charge in [0.2, 0.25) is 0 Å². The largest absolute Gasteiger partial charge is 0.486 e. The first-order valence-corrected chi connectivity index (χ1v) is 9.85. The minimum Gasteiger partial charge on any atom is -0.486 e. The number of carbonyl (C=O) groups excluding carboxylic acids is 2. The van der Waals surface area contributed by atoms with Crippen molar-refractivity contribution in [2.75, 3.05) is 30.0 Å². The molecule has 1 aromatic heterocycles. The Morgan fingerprint density at radius 1 is 1.03 bits per heavy atom. The van der Waals surface area contributed by atoms with Crippen molar-refractivity contribution in [3.8, 4) is 11.5 Å². The predicted molar refractivity (Wildman–Crippen MR) is 111 cm³/mol. The lowest BCUT2D eigenvalue weighted by molar-refractivity contribution is 0.0987. The first-order valence-electron chi connectivity index (χ1n) is 9.47. The van der Waals surface area contributed by atoms with Crippen molar-refractivity contribution in [2.24, 2.45) is 0 Å². The van der Waals surface area contributed by atoms with E-state index in [9.17, 15) is 9.59 Å². The van der Waals surface area contributed by atoms with Crippen molar-refractivity contribution in [3.05, 3.63) is 70.6 Å². The van der Waals surface area contributed by atoms with Crippen LogP contribution in [0.2, 0.25) is 5.02 Å². The zero-order chi connectivity index (χ0) is 20.7. The van der Waals surface area contributed by atoms with Crippen LogP contribution in [0.25, 0.3) is 0 Å². The van der Waals surface area contributed by atoms with Gasteiger partial charge < -0.3 is 24.1 Å². The number of halogens is 1. The van der Waals surface area contributed by atoms with Gasteiger partial charge in [-0.15, -0.1) is 0 Å². The number of nitrogens with one attached hydrogen (secondary N) is 1. The molecule has 0 bridgehead atoms. The maximum absolute atomic E-state index is 12.7. The topological polar surface area (TPSA) is 81.0 Å². The lowest BCUT2D eigenvalue weighted by Crippen LogP contribution is -2.28. The number of fused-ring (bicyclic) bond motifs is 2. The van der Waals surface area contributed by atoms with Crippen LogP contribution in [0.5, 0.6) is 11.5 Å². The molecular formula is C22H17ClN2O5. The molecule has 0 unspecified atom stereocenters. The van der Waals surface area contributed by atoms with Crippen LogP contribution in [-0.4, -0.2) is 31.6 Å². The highest BCUT2D eigenvalue weighted by Gasteiger charge is 2.26. The molecule has 0 saturated carbocycles. The smallest absolute Gasteiger partial charge is 0.261 e. The van der Waals surface area contributed by atoms with E-state index in [1.165, 1.54) is 12.5 Å². The van der Waals surface area contributed by atoms with Gasteiger partial charge in [-0.25, -0.2) is 0 Å². The molecule has 2 aliphatic rings. The van der Waals surface area contributed by atoms with Gasteiger partial charge in [-0.05, 0) is 48.4 Å². The molecule has 0 aliphatic carbocycles. The summed E-state index contributed by atoms with van der Waals surface area (Å²) in [6, 6.07) is 10.3. The van der Waals surface area contributed by atoms with Crippen LogP contribution in [-0.2, 0) is 6.42 Å². The van der Waals surface area contributed by atoms with Gasteiger partial charge in [0, 0.05) is 23.5 Å². The zero-order valence-corrected chi connectivity index (χ0v) is 16.6. The molecule has 1 N–H and O–H groups in total. The molecule has 30 heavy (non-hydrogen) atoms. The van der Waals surface area contributed by atoms with Gasteiger partial charge in [0.25, 0.3) is 11.8 Å². The number of hydrogen-bond donors (Lipinski definition) is 1.